The van der Waals surface area contributed by atoms with E-state index in [0.717, 1.165) is 67.5 Å². The third-order valence-electron chi connectivity index (χ3n) is 6.03. The zero-order chi connectivity index (χ0) is 21.9. The number of ether oxygens (including phenoxy) is 1. The molecule has 8 nitrogen and oxygen atoms in total. The summed E-state index contributed by atoms with van der Waals surface area (Å²) in [7, 11) is 0. The number of benzene rings is 1. The highest BCUT2D eigenvalue weighted by Gasteiger charge is 2.30. The maximum atomic E-state index is 6.09. The molecule has 4 heterocycles. The van der Waals surface area contributed by atoms with Crippen LogP contribution in [0.15, 0.2) is 42.7 Å². The van der Waals surface area contributed by atoms with Gasteiger partial charge in [0, 0.05) is 42.6 Å². The molecule has 0 bridgehead atoms. The highest BCUT2D eigenvalue weighted by molar-refractivity contribution is 6.30. The fourth-order valence-electron chi connectivity index (χ4n) is 4.44. The number of morpholine rings is 1. The SMILES string of the molecule is Nc1ncc(-c2ccc(Cl)cc2)c([C@H]2CCCN2Cc2ccnc(N3CCOCC3)n2)n1. The topological polar surface area (TPSA) is 93.3 Å². The van der Waals surface area contributed by atoms with Crippen LogP contribution in [0.4, 0.5) is 11.9 Å². The lowest BCUT2D eigenvalue weighted by Crippen LogP contribution is -2.37. The van der Waals surface area contributed by atoms with Gasteiger partial charge in [-0.3, -0.25) is 4.90 Å². The smallest absolute Gasteiger partial charge is 0.225 e. The van der Waals surface area contributed by atoms with Crippen LogP contribution < -0.4 is 10.6 Å². The van der Waals surface area contributed by atoms with E-state index in [0.29, 0.717) is 24.2 Å². The summed E-state index contributed by atoms with van der Waals surface area (Å²) in [6.45, 7) is 4.77. The molecule has 2 aliphatic heterocycles. The predicted molar refractivity (Wildman–Crippen MR) is 124 cm³/mol. The molecule has 2 fully saturated rings. The van der Waals surface area contributed by atoms with Crippen LogP contribution in [0.3, 0.4) is 0 Å². The molecule has 0 amide bonds. The maximum Gasteiger partial charge on any atom is 0.225 e. The molecule has 0 aliphatic carbocycles. The van der Waals surface area contributed by atoms with Crippen LogP contribution >= 0.6 is 11.6 Å². The van der Waals surface area contributed by atoms with Gasteiger partial charge in [-0.15, -0.1) is 0 Å². The van der Waals surface area contributed by atoms with Crippen molar-refractivity contribution in [2.24, 2.45) is 0 Å². The van der Waals surface area contributed by atoms with Crippen LogP contribution in [0.2, 0.25) is 5.02 Å². The van der Waals surface area contributed by atoms with Gasteiger partial charge in [-0.25, -0.2) is 19.9 Å². The quantitative estimate of drug-likeness (QED) is 0.631. The highest BCUT2D eigenvalue weighted by atomic mass is 35.5. The van der Waals surface area contributed by atoms with E-state index in [-0.39, 0.29) is 6.04 Å². The molecule has 166 valence electrons. The molecule has 2 aliphatic rings. The highest BCUT2D eigenvalue weighted by Crippen LogP contribution is 2.37. The molecule has 5 rings (SSSR count). The van der Waals surface area contributed by atoms with E-state index in [2.05, 4.69) is 24.8 Å². The lowest BCUT2D eigenvalue weighted by Gasteiger charge is -2.28. The summed E-state index contributed by atoms with van der Waals surface area (Å²) in [6, 6.07) is 9.91. The first-order valence-electron chi connectivity index (χ1n) is 10.9. The van der Waals surface area contributed by atoms with Gasteiger partial charge in [0.15, 0.2) is 0 Å². The van der Waals surface area contributed by atoms with Gasteiger partial charge in [0.25, 0.3) is 0 Å². The molecule has 2 N–H and O–H groups in total. The zero-order valence-corrected chi connectivity index (χ0v) is 18.6. The number of aromatic nitrogens is 4. The number of likely N-dealkylation sites (tertiary alicyclic amines) is 1. The maximum absolute atomic E-state index is 6.09. The van der Waals surface area contributed by atoms with Gasteiger partial charge in [-0.05, 0) is 43.1 Å². The van der Waals surface area contributed by atoms with Gasteiger partial charge in [0.05, 0.1) is 30.6 Å². The minimum atomic E-state index is 0.146. The Kier molecular flexibility index (Phi) is 6.16. The molecular formula is C23H26ClN7O. The number of rotatable bonds is 5. The average Bonchev–Trinajstić information content (AvgIpc) is 3.28. The molecule has 2 aromatic heterocycles. The predicted octanol–water partition coefficient (Wildman–Crippen LogP) is 3.34. The number of nitrogens with zero attached hydrogens (tertiary/aromatic N) is 6. The number of hydrogen-bond acceptors (Lipinski definition) is 8. The Morgan fingerprint density at radius 1 is 1.03 bits per heavy atom. The second-order valence-corrected chi connectivity index (χ2v) is 8.55. The Bertz CT molecular complexity index is 1070. The normalized spacial score (nSPS) is 19.4. The molecular weight excluding hydrogens is 426 g/mol. The van der Waals surface area contributed by atoms with Crippen LogP contribution in [0.25, 0.3) is 11.1 Å². The third kappa shape index (κ3) is 4.53. The van der Waals surface area contributed by atoms with Crippen molar-refractivity contribution in [1.29, 1.82) is 0 Å². The van der Waals surface area contributed by atoms with Gasteiger partial charge in [0.1, 0.15) is 0 Å². The largest absolute Gasteiger partial charge is 0.378 e. The van der Waals surface area contributed by atoms with Crippen molar-refractivity contribution >= 4 is 23.5 Å². The van der Waals surface area contributed by atoms with Gasteiger partial charge in [-0.1, -0.05) is 23.7 Å². The lowest BCUT2D eigenvalue weighted by molar-refractivity contribution is 0.122. The summed E-state index contributed by atoms with van der Waals surface area (Å²) >= 11 is 6.09. The summed E-state index contributed by atoms with van der Waals surface area (Å²) in [4.78, 5) is 22.9. The lowest BCUT2D eigenvalue weighted by atomic mass is 10.00. The minimum Gasteiger partial charge on any atom is -0.378 e. The molecule has 9 heteroatoms. The Labute approximate surface area is 192 Å². The van der Waals surface area contributed by atoms with E-state index in [4.69, 9.17) is 27.1 Å². The van der Waals surface area contributed by atoms with Crippen molar-refractivity contribution in [3.05, 3.63) is 59.1 Å². The standard InChI is InChI=1S/C23H26ClN7O/c24-17-5-3-16(4-6-17)19-14-27-22(25)29-21(19)20-2-1-9-31(20)15-18-7-8-26-23(28-18)30-10-12-32-13-11-30/h3-8,14,20H,1-2,9-13,15H2,(H2,25,27,29)/t20-/m1/s1. The van der Waals surface area contributed by atoms with E-state index in [1.165, 1.54) is 0 Å². The van der Waals surface area contributed by atoms with Crippen LogP contribution in [0.5, 0.6) is 0 Å². The van der Waals surface area contributed by atoms with Gasteiger partial charge in [0.2, 0.25) is 11.9 Å². The first-order chi connectivity index (χ1) is 15.7. The average molecular weight is 452 g/mol. The molecule has 0 saturated carbocycles. The Morgan fingerprint density at radius 3 is 2.66 bits per heavy atom. The van der Waals surface area contributed by atoms with Crippen molar-refractivity contribution in [3.8, 4) is 11.1 Å². The molecule has 3 aromatic rings. The van der Waals surface area contributed by atoms with Crippen molar-refractivity contribution in [2.75, 3.05) is 43.5 Å². The summed E-state index contributed by atoms with van der Waals surface area (Å²) in [6.07, 6.45) is 5.77. The molecule has 0 spiro atoms. The molecule has 1 atom stereocenters. The van der Waals surface area contributed by atoms with Crippen molar-refractivity contribution in [2.45, 2.75) is 25.4 Å². The third-order valence-corrected chi connectivity index (χ3v) is 6.28. The minimum absolute atomic E-state index is 0.146. The summed E-state index contributed by atoms with van der Waals surface area (Å²) in [5, 5.41) is 0.703. The number of hydrogen-bond donors (Lipinski definition) is 1. The van der Waals surface area contributed by atoms with E-state index in [9.17, 15) is 0 Å². The molecule has 0 unspecified atom stereocenters. The second kappa shape index (κ2) is 9.36. The summed E-state index contributed by atoms with van der Waals surface area (Å²) in [5.74, 6) is 1.07. The number of anilines is 2. The first-order valence-corrected chi connectivity index (χ1v) is 11.3. The fraction of sp³-hybridized carbons (Fsp3) is 0.391. The van der Waals surface area contributed by atoms with Crippen LogP contribution in [0, 0.1) is 0 Å². The number of halogens is 1. The van der Waals surface area contributed by atoms with Gasteiger partial charge >= 0.3 is 0 Å². The van der Waals surface area contributed by atoms with Crippen molar-refractivity contribution in [1.82, 2.24) is 24.8 Å². The molecule has 2 saturated heterocycles. The van der Waals surface area contributed by atoms with Gasteiger partial charge in [-0.2, -0.15) is 0 Å². The van der Waals surface area contributed by atoms with E-state index >= 15 is 0 Å². The van der Waals surface area contributed by atoms with Crippen LogP contribution in [-0.4, -0.2) is 57.7 Å². The first kappa shape index (κ1) is 21.1. The Morgan fingerprint density at radius 2 is 1.84 bits per heavy atom. The van der Waals surface area contributed by atoms with Crippen LogP contribution in [0.1, 0.15) is 30.3 Å². The van der Waals surface area contributed by atoms with Crippen molar-refractivity contribution in [3.63, 3.8) is 0 Å². The zero-order valence-electron chi connectivity index (χ0n) is 17.8. The number of nitrogens with two attached hydrogens (primary N) is 1. The fourth-order valence-corrected chi connectivity index (χ4v) is 4.56. The molecule has 32 heavy (non-hydrogen) atoms. The molecule has 0 radical (unpaired) electrons. The summed E-state index contributed by atoms with van der Waals surface area (Å²) in [5.41, 5.74) is 9.99. The Balaban J connectivity index is 1.41. The van der Waals surface area contributed by atoms with Crippen molar-refractivity contribution < 1.29 is 4.74 Å². The van der Waals surface area contributed by atoms with E-state index in [1.54, 1.807) is 0 Å². The molecule has 1 aromatic carbocycles. The van der Waals surface area contributed by atoms with E-state index < -0.39 is 0 Å². The van der Waals surface area contributed by atoms with E-state index in [1.807, 2.05) is 42.7 Å². The number of nitrogen functional groups attached to an aromatic ring is 1. The summed E-state index contributed by atoms with van der Waals surface area (Å²) < 4.78 is 5.45. The second-order valence-electron chi connectivity index (χ2n) is 8.11. The van der Waals surface area contributed by atoms with Crippen LogP contribution in [-0.2, 0) is 11.3 Å². The monoisotopic (exact) mass is 451 g/mol. The van der Waals surface area contributed by atoms with Gasteiger partial charge < -0.3 is 15.4 Å². The Hall–Kier alpha value is -2.81.